The van der Waals surface area contributed by atoms with Gasteiger partial charge in [0, 0.05) is 32.7 Å². The van der Waals surface area contributed by atoms with Crippen molar-refractivity contribution in [1.82, 2.24) is 10.2 Å². The summed E-state index contributed by atoms with van der Waals surface area (Å²) >= 11 is 0. The average molecular weight is 220 g/mol. The highest BCUT2D eigenvalue weighted by molar-refractivity contribution is 5.33. The summed E-state index contributed by atoms with van der Waals surface area (Å²) in [5.41, 5.74) is 1.31. The van der Waals surface area contributed by atoms with Crippen LogP contribution in [-0.4, -0.2) is 44.7 Å². The molecule has 1 heterocycles. The predicted molar refractivity (Wildman–Crippen MR) is 66.0 cm³/mol. The van der Waals surface area contributed by atoms with Crippen molar-refractivity contribution in [2.45, 2.75) is 6.42 Å². The highest BCUT2D eigenvalue weighted by Crippen LogP contribution is 2.17. The van der Waals surface area contributed by atoms with Crippen LogP contribution in [0.4, 0.5) is 0 Å². The molecule has 1 aromatic rings. The molecule has 0 aliphatic carbocycles. The molecule has 3 nitrogen and oxygen atoms in total. The maximum atomic E-state index is 5.35. The molecule has 0 amide bonds. The van der Waals surface area contributed by atoms with Crippen molar-refractivity contribution in [3.63, 3.8) is 0 Å². The summed E-state index contributed by atoms with van der Waals surface area (Å²) in [7, 11) is 1.74. The molecular weight excluding hydrogens is 200 g/mol. The number of hydrogen-bond acceptors (Lipinski definition) is 3. The summed E-state index contributed by atoms with van der Waals surface area (Å²) in [5, 5.41) is 3.37. The Balaban J connectivity index is 1.88. The summed E-state index contributed by atoms with van der Waals surface area (Å²) in [6, 6.07) is 8.29. The Labute approximate surface area is 97.4 Å². The first-order valence-electron chi connectivity index (χ1n) is 5.95. The van der Waals surface area contributed by atoms with Crippen LogP contribution in [0.2, 0.25) is 0 Å². The van der Waals surface area contributed by atoms with E-state index in [-0.39, 0.29) is 0 Å². The molecular formula is C13H20N2O. The van der Waals surface area contributed by atoms with Crippen LogP contribution < -0.4 is 10.1 Å². The second-order valence-corrected chi connectivity index (χ2v) is 4.15. The average Bonchev–Trinajstić information content (AvgIpc) is 2.38. The van der Waals surface area contributed by atoms with Crippen LogP contribution in [0.15, 0.2) is 24.3 Å². The third-order valence-electron chi connectivity index (χ3n) is 3.10. The lowest BCUT2D eigenvalue weighted by Crippen LogP contribution is -2.44. The minimum atomic E-state index is 1.01. The number of hydrogen-bond donors (Lipinski definition) is 1. The van der Waals surface area contributed by atoms with Crippen LogP contribution in [0.5, 0.6) is 5.75 Å². The maximum Gasteiger partial charge on any atom is 0.122 e. The van der Waals surface area contributed by atoms with Crippen molar-refractivity contribution in [3.8, 4) is 5.75 Å². The van der Waals surface area contributed by atoms with Gasteiger partial charge in [0.05, 0.1) is 7.11 Å². The topological polar surface area (TPSA) is 24.5 Å². The van der Waals surface area contributed by atoms with Crippen molar-refractivity contribution in [2.75, 3.05) is 39.8 Å². The van der Waals surface area contributed by atoms with E-state index in [1.807, 2.05) is 12.1 Å². The van der Waals surface area contributed by atoms with E-state index in [2.05, 4.69) is 22.3 Å². The SMILES string of the molecule is COc1ccccc1CCN1CCNCC1. The first kappa shape index (κ1) is 11.4. The van der Waals surface area contributed by atoms with Crippen molar-refractivity contribution in [1.29, 1.82) is 0 Å². The number of rotatable bonds is 4. The highest BCUT2D eigenvalue weighted by Gasteiger charge is 2.10. The molecule has 1 saturated heterocycles. The van der Waals surface area contributed by atoms with Gasteiger partial charge in [-0.1, -0.05) is 18.2 Å². The first-order chi connectivity index (χ1) is 7.90. The van der Waals surface area contributed by atoms with Crippen LogP contribution in [0.1, 0.15) is 5.56 Å². The van der Waals surface area contributed by atoms with Crippen LogP contribution >= 0.6 is 0 Å². The number of methoxy groups -OCH3 is 1. The quantitative estimate of drug-likeness (QED) is 0.823. The Bertz CT molecular complexity index is 321. The largest absolute Gasteiger partial charge is 0.496 e. The number of benzene rings is 1. The fourth-order valence-corrected chi connectivity index (χ4v) is 2.12. The fourth-order valence-electron chi connectivity index (χ4n) is 2.12. The van der Waals surface area contributed by atoms with E-state index in [0.717, 1.165) is 44.9 Å². The summed E-state index contributed by atoms with van der Waals surface area (Å²) in [5.74, 6) is 1.01. The smallest absolute Gasteiger partial charge is 0.122 e. The summed E-state index contributed by atoms with van der Waals surface area (Å²) in [4.78, 5) is 2.50. The van der Waals surface area contributed by atoms with Crippen LogP contribution in [-0.2, 0) is 6.42 Å². The zero-order chi connectivity index (χ0) is 11.2. The molecule has 0 aromatic heterocycles. The molecule has 0 bridgehead atoms. The molecule has 2 rings (SSSR count). The molecule has 0 atom stereocenters. The van der Waals surface area contributed by atoms with Crippen LogP contribution in [0.3, 0.4) is 0 Å². The van der Waals surface area contributed by atoms with E-state index >= 15 is 0 Å². The molecule has 1 N–H and O–H groups in total. The third-order valence-corrected chi connectivity index (χ3v) is 3.10. The van der Waals surface area contributed by atoms with E-state index in [1.54, 1.807) is 7.11 Å². The zero-order valence-corrected chi connectivity index (χ0v) is 9.91. The Morgan fingerprint density at radius 2 is 2.00 bits per heavy atom. The Morgan fingerprint density at radius 1 is 1.25 bits per heavy atom. The molecule has 0 saturated carbocycles. The second kappa shape index (κ2) is 5.87. The highest BCUT2D eigenvalue weighted by atomic mass is 16.5. The van der Waals surface area contributed by atoms with Crippen molar-refractivity contribution >= 4 is 0 Å². The lowest BCUT2D eigenvalue weighted by Gasteiger charge is -2.27. The Hall–Kier alpha value is -1.06. The second-order valence-electron chi connectivity index (χ2n) is 4.15. The number of nitrogens with zero attached hydrogens (tertiary/aromatic N) is 1. The van der Waals surface area contributed by atoms with Crippen LogP contribution in [0, 0.1) is 0 Å². The molecule has 0 spiro atoms. The summed E-state index contributed by atoms with van der Waals surface area (Å²) in [6.45, 7) is 5.68. The predicted octanol–water partition coefficient (Wildman–Crippen LogP) is 1.14. The Kier molecular flexibility index (Phi) is 4.19. The molecule has 1 aromatic carbocycles. The van der Waals surface area contributed by atoms with Crippen molar-refractivity contribution < 1.29 is 4.74 Å². The third kappa shape index (κ3) is 2.97. The van der Waals surface area contributed by atoms with Crippen LogP contribution in [0.25, 0.3) is 0 Å². The van der Waals surface area contributed by atoms with Gasteiger partial charge >= 0.3 is 0 Å². The minimum Gasteiger partial charge on any atom is -0.496 e. The molecule has 0 radical (unpaired) electrons. The van der Waals surface area contributed by atoms with E-state index in [9.17, 15) is 0 Å². The lowest BCUT2D eigenvalue weighted by atomic mass is 10.1. The van der Waals surface area contributed by atoms with Gasteiger partial charge in [-0.05, 0) is 18.1 Å². The fraction of sp³-hybridized carbons (Fsp3) is 0.538. The van der Waals surface area contributed by atoms with Gasteiger partial charge in [-0.2, -0.15) is 0 Å². The molecule has 1 fully saturated rings. The molecule has 1 aliphatic heterocycles. The van der Waals surface area contributed by atoms with Gasteiger partial charge in [-0.3, -0.25) is 0 Å². The maximum absolute atomic E-state index is 5.35. The first-order valence-corrected chi connectivity index (χ1v) is 5.95. The zero-order valence-electron chi connectivity index (χ0n) is 9.91. The minimum absolute atomic E-state index is 1.01. The molecule has 1 aliphatic rings. The summed E-state index contributed by atoms with van der Waals surface area (Å²) in [6.07, 6.45) is 1.07. The lowest BCUT2D eigenvalue weighted by molar-refractivity contribution is 0.243. The van der Waals surface area contributed by atoms with E-state index in [4.69, 9.17) is 4.74 Å². The van der Waals surface area contributed by atoms with E-state index in [1.165, 1.54) is 5.56 Å². The van der Waals surface area contributed by atoms with E-state index in [0.29, 0.717) is 0 Å². The van der Waals surface area contributed by atoms with Gasteiger partial charge in [0.25, 0.3) is 0 Å². The van der Waals surface area contributed by atoms with Gasteiger partial charge < -0.3 is 15.0 Å². The van der Waals surface area contributed by atoms with Crippen molar-refractivity contribution in [3.05, 3.63) is 29.8 Å². The summed E-state index contributed by atoms with van der Waals surface area (Å²) < 4.78 is 5.35. The Morgan fingerprint density at radius 3 is 2.75 bits per heavy atom. The standard InChI is InChI=1S/C13H20N2O/c1-16-13-5-3-2-4-12(13)6-9-15-10-7-14-8-11-15/h2-5,14H,6-11H2,1H3. The number of ether oxygens (including phenoxy) is 1. The normalized spacial score (nSPS) is 17.3. The van der Waals surface area contributed by atoms with Gasteiger partial charge in [0.1, 0.15) is 5.75 Å². The van der Waals surface area contributed by atoms with Gasteiger partial charge in [-0.25, -0.2) is 0 Å². The number of nitrogens with one attached hydrogen (secondary N) is 1. The van der Waals surface area contributed by atoms with Gasteiger partial charge in [-0.15, -0.1) is 0 Å². The number of para-hydroxylation sites is 1. The van der Waals surface area contributed by atoms with Crippen molar-refractivity contribution in [2.24, 2.45) is 0 Å². The van der Waals surface area contributed by atoms with Gasteiger partial charge in [0.2, 0.25) is 0 Å². The molecule has 3 heteroatoms. The van der Waals surface area contributed by atoms with E-state index < -0.39 is 0 Å². The molecule has 88 valence electrons. The molecule has 16 heavy (non-hydrogen) atoms. The monoisotopic (exact) mass is 220 g/mol. The number of piperazine rings is 1. The molecule has 0 unspecified atom stereocenters. The van der Waals surface area contributed by atoms with Gasteiger partial charge in [0.15, 0.2) is 0 Å².